The molecule has 0 aliphatic carbocycles. The number of thioether (sulfide) groups is 1. The van der Waals surface area contributed by atoms with Gasteiger partial charge in [0, 0.05) is 4.90 Å². The monoisotopic (exact) mass is 512 g/mol. The second kappa shape index (κ2) is 12.2. The summed E-state index contributed by atoms with van der Waals surface area (Å²) in [6, 6.07) is 20.7. The van der Waals surface area contributed by atoms with Crippen LogP contribution in [-0.2, 0) is 21.2 Å². The molecule has 6 nitrogen and oxygen atoms in total. The van der Waals surface area contributed by atoms with Gasteiger partial charge in [-0.25, -0.2) is 8.42 Å². The summed E-state index contributed by atoms with van der Waals surface area (Å²) in [7, 11) is -3.96. The average molecular weight is 513 g/mol. The third-order valence-electron chi connectivity index (χ3n) is 5.63. The number of carbonyl (C=O) groups excluding carboxylic acids is 1. The molecule has 0 radical (unpaired) electrons. The van der Waals surface area contributed by atoms with Gasteiger partial charge in [-0.2, -0.15) is 4.72 Å². The second-order valence-corrected chi connectivity index (χ2v) is 10.8. The van der Waals surface area contributed by atoms with E-state index in [-0.39, 0.29) is 23.3 Å². The normalized spacial score (nSPS) is 13.1. The fraction of sp³-hybridized carbons (Fsp3) is 0.296. The fourth-order valence-electron chi connectivity index (χ4n) is 3.69. The Balaban J connectivity index is 1.83. The van der Waals surface area contributed by atoms with Crippen LogP contribution in [0, 0.1) is 6.92 Å². The molecule has 3 rings (SSSR count). The van der Waals surface area contributed by atoms with Crippen LogP contribution in [0.2, 0.25) is 0 Å². The van der Waals surface area contributed by atoms with Crippen molar-refractivity contribution < 1.29 is 17.9 Å². The molecule has 2 N–H and O–H groups in total. The van der Waals surface area contributed by atoms with Crippen molar-refractivity contribution in [3.8, 4) is 5.75 Å². The molecule has 0 saturated carbocycles. The highest BCUT2D eigenvalue weighted by Gasteiger charge is 2.27. The summed E-state index contributed by atoms with van der Waals surface area (Å²) in [5.74, 6) is 0.243. The van der Waals surface area contributed by atoms with Gasteiger partial charge in [0.2, 0.25) is 15.9 Å². The molecule has 0 aliphatic rings. The van der Waals surface area contributed by atoms with Gasteiger partial charge < -0.3 is 10.1 Å². The third-order valence-corrected chi connectivity index (χ3v) is 7.84. The van der Waals surface area contributed by atoms with E-state index in [2.05, 4.69) is 10.0 Å². The van der Waals surface area contributed by atoms with E-state index >= 15 is 0 Å². The van der Waals surface area contributed by atoms with E-state index in [1.54, 1.807) is 30.8 Å². The molecule has 0 heterocycles. The minimum Gasteiger partial charge on any atom is -0.494 e. The van der Waals surface area contributed by atoms with E-state index in [0.717, 1.165) is 16.0 Å². The molecule has 8 heteroatoms. The predicted molar refractivity (Wildman–Crippen MR) is 141 cm³/mol. The average Bonchev–Trinajstić information content (AvgIpc) is 2.85. The summed E-state index contributed by atoms with van der Waals surface area (Å²) in [6.07, 6.45) is 2.23. The van der Waals surface area contributed by atoms with Gasteiger partial charge in [-0.1, -0.05) is 42.5 Å². The van der Waals surface area contributed by atoms with Crippen molar-refractivity contribution in [2.24, 2.45) is 0 Å². The molecule has 3 aromatic rings. The van der Waals surface area contributed by atoms with E-state index < -0.39 is 16.1 Å². The Morgan fingerprint density at radius 2 is 1.71 bits per heavy atom. The number of benzene rings is 3. The third kappa shape index (κ3) is 7.34. The van der Waals surface area contributed by atoms with Gasteiger partial charge in [-0.15, -0.1) is 11.8 Å². The van der Waals surface area contributed by atoms with Crippen LogP contribution in [0.3, 0.4) is 0 Å². The highest BCUT2D eigenvalue weighted by Crippen LogP contribution is 2.23. The summed E-state index contributed by atoms with van der Waals surface area (Å²) >= 11 is 1.65. The van der Waals surface area contributed by atoms with Gasteiger partial charge in [0.25, 0.3) is 0 Å². The van der Waals surface area contributed by atoms with Gasteiger partial charge in [0.1, 0.15) is 11.8 Å². The lowest BCUT2D eigenvalue weighted by Crippen LogP contribution is -2.48. The van der Waals surface area contributed by atoms with Crippen molar-refractivity contribution >= 4 is 27.7 Å². The highest BCUT2D eigenvalue weighted by atomic mass is 32.2. The maximum atomic E-state index is 13.3. The molecular formula is C27H32N2O4S2. The number of nitrogens with one attached hydrogen (secondary N) is 2. The minimum absolute atomic E-state index is 0.0880. The Labute approximate surface area is 212 Å². The van der Waals surface area contributed by atoms with Crippen LogP contribution in [0.5, 0.6) is 5.75 Å². The van der Waals surface area contributed by atoms with Gasteiger partial charge in [0.15, 0.2) is 0 Å². The van der Waals surface area contributed by atoms with Crippen molar-refractivity contribution in [2.75, 3.05) is 12.9 Å². The number of aryl methyl sites for hydroxylation is 1. The summed E-state index contributed by atoms with van der Waals surface area (Å²) < 4.78 is 34.7. The maximum Gasteiger partial charge on any atom is 0.241 e. The summed E-state index contributed by atoms with van der Waals surface area (Å²) in [6.45, 7) is 6.04. The largest absolute Gasteiger partial charge is 0.494 e. The van der Waals surface area contributed by atoms with Crippen molar-refractivity contribution in [1.29, 1.82) is 0 Å². The molecule has 1 amide bonds. The number of amides is 1. The van der Waals surface area contributed by atoms with E-state index in [9.17, 15) is 13.2 Å². The number of hydrogen-bond acceptors (Lipinski definition) is 5. The Morgan fingerprint density at radius 1 is 1.03 bits per heavy atom. The molecule has 2 atom stereocenters. The second-order valence-electron chi connectivity index (χ2n) is 8.23. The summed E-state index contributed by atoms with van der Waals surface area (Å²) in [5.41, 5.74) is 2.51. The molecule has 0 aliphatic heterocycles. The SMILES string of the molecule is CCOc1ccc(S(=O)(=O)N[C@@H](Cc2ccccc2)C(=O)N[C@@H](C)c2ccc(SC)cc2)cc1C. The Kier molecular flexibility index (Phi) is 9.37. The van der Waals surface area contributed by atoms with Crippen LogP contribution in [-0.4, -0.2) is 33.2 Å². The highest BCUT2D eigenvalue weighted by molar-refractivity contribution is 7.98. The molecule has 0 bridgehead atoms. The van der Waals surface area contributed by atoms with Gasteiger partial charge >= 0.3 is 0 Å². The first-order chi connectivity index (χ1) is 16.7. The molecular weight excluding hydrogens is 480 g/mol. The smallest absolute Gasteiger partial charge is 0.241 e. The fourth-order valence-corrected chi connectivity index (χ4v) is 5.38. The first-order valence-electron chi connectivity index (χ1n) is 11.5. The standard InChI is InChI=1S/C27H32N2O4S2/c1-5-33-26-16-15-24(17-19(26)2)35(31,32)29-25(18-21-9-7-6-8-10-21)27(30)28-20(3)22-11-13-23(34-4)14-12-22/h6-17,20,25,29H,5,18H2,1-4H3,(H,28,30)/t20-,25-/m0/s1. The van der Waals surface area contributed by atoms with Crippen molar-refractivity contribution in [3.05, 3.63) is 89.5 Å². The Morgan fingerprint density at radius 3 is 2.31 bits per heavy atom. The minimum atomic E-state index is -3.96. The number of ether oxygens (including phenoxy) is 1. The topological polar surface area (TPSA) is 84.5 Å². The zero-order valence-corrected chi connectivity index (χ0v) is 22.1. The molecule has 0 saturated heterocycles. The Bertz CT molecular complexity index is 1230. The maximum absolute atomic E-state index is 13.3. The Hall–Kier alpha value is -2.81. The van der Waals surface area contributed by atoms with Crippen molar-refractivity contribution in [1.82, 2.24) is 10.0 Å². The zero-order valence-electron chi connectivity index (χ0n) is 20.4. The van der Waals surface area contributed by atoms with Crippen LogP contribution in [0.15, 0.2) is 82.6 Å². The molecule has 0 unspecified atom stereocenters. The lowest BCUT2D eigenvalue weighted by atomic mass is 10.0. The molecule has 3 aromatic carbocycles. The quantitative estimate of drug-likeness (QED) is 0.358. The lowest BCUT2D eigenvalue weighted by Gasteiger charge is -2.22. The zero-order chi connectivity index (χ0) is 25.4. The number of hydrogen-bond donors (Lipinski definition) is 2. The van der Waals surface area contributed by atoms with Crippen molar-refractivity contribution in [3.63, 3.8) is 0 Å². The predicted octanol–water partition coefficient (Wildman–Crippen LogP) is 4.88. The first-order valence-corrected chi connectivity index (χ1v) is 14.2. The molecule has 0 aromatic heterocycles. The lowest BCUT2D eigenvalue weighted by molar-refractivity contribution is -0.123. The van der Waals surface area contributed by atoms with Crippen LogP contribution >= 0.6 is 11.8 Å². The summed E-state index contributed by atoms with van der Waals surface area (Å²) in [4.78, 5) is 14.5. The van der Waals surface area contributed by atoms with Gasteiger partial charge in [-0.3, -0.25) is 4.79 Å². The van der Waals surface area contributed by atoms with E-state index in [0.29, 0.717) is 17.9 Å². The van der Waals surface area contributed by atoms with E-state index in [1.165, 1.54) is 6.07 Å². The van der Waals surface area contributed by atoms with E-state index in [4.69, 9.17) is 4.74 Å². The van der Waals surface area contributed by atoms with Crippen LogP contribution < -0.4 is 14.8 Å². The van der Waals surface area contributed by atoms with E-state index in [1.807, 2.05) is 74.7 Å². The number of sulfonamides is 1. The number of rotatable bonds is 11. The van der Waals surface area contributed by atoms with Crippen molar-refractivity contribution in [2.45, 2.75) is 49.1 Å². The van der Waals surface area contributed by atoms with Gasteiger partial charge in [-0.05, 0) is 80.5 Å². The molecule has 0 fully saturated rings. The molecule has 0 spiro atoms. The van der Waals surface area contributed by atoms with Gasteiger partial charge in [0.05, 0.1) is 17.5 Å². The van der Waals surface area contributed by atoms with Crippen LogP contribution in [0.25, 0.3) is 0 Å². The summed E-state index contributed by atoms with van der Waals surface area (Å²) in [5, 5.41) is 2.97. The van der Waals surface area contributed by atoms with Crippen LogP contribution in [0.1, 0.15) is 36.6 Å². The molecule has 186 valence electrons. The number of carbonyl (C=O) groups is 1. The first kappa shape index (κ1) is 26.8. The molecule has 35 heavy (non-hydrogen) atoms. The van der Waals surface area contributed by atoms with Crippen LogP contribution in [0.4, 0.5) is 0 Å².